The summed E-state index contributed by atoms with van der Waals surface area (Å²) in [5.74, 6) is 0. The monoisotopic (exact) mass is 387 g/mol. The number of hydrogen-bond acceptors (Lipinski definition) is 4. The van der Waals surface area contributed by atoms with Crippen LogP contribution in [0.1, 0.15) is 58.9 Å². The highest BCUT2D eigenvalue weighted by molar-refractivity contribution is 5.68. The number of carbonyl (C=O) groups is 1. The average molecular weight is 388 g/mol. The van der Waals surface area contributed by atoms with Crippen LogP contribution in [0.25, 0.3) is 0 Å². The fraction of sp³-hybridized carbons (Fsp3) is 0.696. The summed E-state index contributed by atoms with van der Waals surface area (Å²) in [6, 6.07) is 11.2. The lowest BCUT2D eigenvalue weighted by atomic mass is 9.85. The van der Waals surface area contributed by atoms with Crippen molar-refractivity contribution in [3.63, 3.8) is 0 Å². The lowest BCUT2D eigenvalue weighted by Crippen LogP contribution is -2.58. The van der Waals surface area contributed by atoms with Crippen molar-refractivity contribution in [1.29, 1.82) is 0 Å². The molecule has 0 aromatic heterocycles. The van der Waals surface area contributed by atoms with Gasteiger partial charge in [-0.15, -0.1) is 0 Å². The summed E-state index contributed by atoms with van der Waals surface area (Å²) in [6.45, 7) is 12.9. The third-order valence-corrected chi connectivity index (χ3v) is 6.19. The van der Waals surface area contributed by atoms with Crippen LogP contribution < -0.4 is 5.32 Å². The Bertz CT molecular complexity index is 625. The first kappa shape index (κ1) is 21.1. The number of rotatable bonds is 4. The molecule has 28 heavy (non-hydrogen) atoms. The third kappa shape index (κ3) is 5.71. The number of amides is 1. The summed E-state index contributed by atoms with van der Waals surface area (Å²) in [6.07, 6.45) is 4.26. The van der Waals surface area contributed by atoms with Gasteiger partial charge in [0.25, 0.3) is 0 Å². The number of nitrogens with one attached hydrogen (secondary N) is 1. The van der Waals surface area contributed by atoms with Crippen LogP contribution in [0.5, 0.6) is 0 Å². The molecule has 156 valence electrons. The van der Waals surface area contributed by atoms with Crippen molar-refractivity contribution >= 4 is 6.09 Å². The molecule has 0 spiro atoms. The van der Waals surface area contributed by atoms with Crippen molar-refractivity contribution < 1.29 is 9.53 Å². The molecule has 0 saturated carbocycles. The van der Waals surface area contributed by atoms with E-state index in [4.69, 9.17) is 4.74 Å². The second-order valence-electron chi connectivity index (χ2n) is 9.59. The summed E-state index contributed by atoms with van der Waals surface area (Å²) >= 11 is 0. The van der Waals surface area contributed by atoms with Crippen LogP contribution in [0.4, 0.5) is 4.79 Å². The molecule has 5 nitrogen and oxygen atoms in total. The van der Waals surface area contributed by atoms with E-state index in [9.17, 15) is 4.79 Å². The van der Waals surface area contributed by atoms with Crippen LogP contribution in [0.2, 0.25) is 0 Å². The predicted molar refractivity (Wildman–Crippen MR) is 113 cm³/mol. The number of nitrogens with zero attached hydrogens (tertiary/aromatic N) is 2. The standard InChI is InChI=1S/C23H37N3O2/c1-22(2,3)28-21(27)25-16-12-23(4,13-17-25)26-14-10-20(11-15-26)24-18-19-8-6-5-7-9-19/h5-9,20,24H,10-18H2,1-4H3. The molecule has 1 amide bonds. The number of piperidine rings is 2. The van der Waals surface area contributed by atoms with Gasteiger partial charge in [0, 0.05) is 44.3 Å². The van der Waals surface area contributed by atoms with E-state index in [1.165, 1.54) is 18.4 Å². The number of hydrogen-bond donors (Lipinski definition) is 1. The lowest BCUT2D eigenvalue weighted by Gasteiger charge is -2.49. The third-order valence-electron chi connectivity index (χ3n) is 6.19. The highest BCUT2D eigenvalue weighted by Gasteiger charge is 2.39. The Balaban J connectivity index is 1.42. The van der Waals surface area contributed by atoms with E-state index in [1.807, 2.05) is 25.7 Å². The molecule has 2 aliphatic heterocycles. The van der Waals surface area contributed by atoms with Gasteiger partial charge in [0.2, 0.25) is 0 Å². The van der Waals surface area contributed by atoms with E-state index in [-0.39, 0.29) is 11.6 Å². The van der Waals surface area contributed by atoms with Crippen LogP contribution in [0.15, 0.2) is 30.3 Å². The Morgan fingerprint density at radius 2 is 1.71 bits per heavy atom. The smallest absolute Gasteiger partial charge is 0.410 e. The first-order valence-electron chi connectivity index (χ1n) is 10.8. The summed E-state index contributed by atoms with van der Waals surface area (Å²) in [5.41, 5.74) is 1.13. The summed E-state index contributed by atoms with van der Waals surface area (Å²) in [4.78, 5) is 16.8. The van der Waals surface area contributed by atoms with Crippen molar-refractivity contribution in [2.75, 3.05) is 26.2 Å². The minimum atomic E-state index is -0.424. The average Bonchev–Trinajstić information content (AvgIpc) is 2.67. The molecule has 1 aromatic carbocycles. The molecule has 1 N–H and O–H groups in total. The molecule has 0 aliphatic carbocycles. The first-order chi connectivity index (χ1) is 13.3. The number of benzene rings is 1. The Morgan fingerprint density at radius 1 is 1.11 bits per heavy atom. The van der Waals surface area contributed by atoms with E-state index < -0.39 is 5.60 Å². The lowest BCUT2D eigenvalue weighted by molar-refractivity contribution is -0.00861. The van der Waals surface area contributed by atoms with E-state index in [2.05, 4.69) is 47.5 Å². The van der Waals surface area contributed by atoms with Crippen LogP contribution in [0, 0.1) is 0 Å². The van der Waals surface area contributed by atoms with Gasteiger partial charge in [0.1, 0.15) is 5.60 Å². The molecule has 2 fully saturated rings. The van der Waals surface area contributed by atoms with Crippen LogP contribution in [-0.4, -0.2) is 59.3 Å². The molecule has 0 radical (unpaired) electrons. The molecule has 0 unspecified atom stereocenters. The molecular formula is C23H37N3O2. The zero-order valence-corrected chi connectivity index (χ0v) is 18.0. The van der Waals surface area contributed by atoms with Gasteiger partial charge in [0.15, 0.2) is 0 Å². The molecular weight excluding hydrogens is 350 g/mol. The number of carbonyl (C=O) groups excluding carboxylic acids is 1. The zero-order valence-electron chi connectivity index (χ0n) is 18.0. The van der Waals surface area contributed by atoms with Gasteiger partial charge in [0.05, 0.1) is 0 Å². The normalized spacial score (nSPS) is 21.5. The van der Waals surface area contributed by atoms with Gasteiger partial charge < -0.3 is 15.0 Å². The van der Waals surface area contributed by atoms with Crippen molar-refractivity contribution in [2.24, 2.45) is 0 Å². The van der Waals surface area contributed by atoms with Gasteiger partial charge in [-0.1, -0.05) is 30.3 Å². The maximum Gasteiger partial charge on any atom is 0.410 e. The quantitative estimate of drug-likeness (QED) is 0.847. The molecule has 2 saturated heterocycles. The van der Waals surface area contributed by atoms with Crippen molar-refractivity contribution in [3.8, 4) is 0 Å². The molecule has 0 atom stereocenters. The molecule has 1 aromatic rings. The van der Waals surface area contributed by atoms with E-state index in [1.54, 1.807) is 0 Å². The van der Waals surface area contributed by atoms with Gasteiger partial charge in [-0.05, 0) is 58.9 Å². The van der Waals surface area contributed by atoms with Crippen LogP contribution >= 0.6 is 0 Å². The SMILES string of the molecule is CC(C)(C)OC(=O)N1CCC(C)(N2CCC(NCc3ccccc3)CC2)CC1. The second-order valence-corrected chi connectivity index (χ2v) is 9.59. The minimum absolute atomic E-state index is 0.168. The molecule has 0 bridgehead atoms. The topological polar surface area (TPSA) is 44.8 Å². The Labute approximate surface area is 170 Å². The van der Waals surface area contributed by atoms with E-state index >= 15 is 0 Å². The van der Waals surface area contributed by atoms with E-state index in [0.717, 1.165) is 45.6 Å². The highest BCUT2D eigenvalue weighted by atomic mass is 16.6. The first-order valence-corrected chi connectivity index (χ1v) is 10.8. The maximum atomic E-state index is 12.3. The Kier molecular flexibility index (Phi) is 6.66. The van der Waals surface area contributed by atoms with Crippen LogP contribution in [-0.2, 0) is 11.3 Å². The molecule has 2 aliphatic rings. The largest absolute Gasteiger partial charge is 0.444 e. The highest BCUT2D eigenvalue weighted by Crippen LogP contribution is 2.31. The molecule has 5 heteroatoms. The Morgan fingerprint density at radius 3 is 2.29 bits per heavy atom. The Hall–Kier alpha value is -1.59. The van der Waals surface area contributed by atoms with Crippen LogP contribution in [0.3, 0.4) is 0 Å². The van der Waals surface area contributed by atoms with E-state index in [0.29, 0.717) is 6.04 Å². The summed E-state index contributed by atoms with van der Waals surface area (Å²) in [7, 11) is 0. The minimum Gasteiger partial charge on any atom is -0.444 e. The summed E-state index contributed by atoms with van der Waals surface area (Å²) < 4.78 is 5.53. The fourth-order valence-corrected chi connectivity index (χ4v) is 4.30. The van der Waals surface area contributed by atoms with Gasteiger partial charge in [-0.3, -0.25) is 4.90 Å². The second kappa shape index (κ2) is 8.83. The van der Waals surface area contributed by atoms with Gasteiger partial charge >= 0.3 is 6.09 Å². The number of likely N-dealkylation sites (tertiary alicyclic amines) is 2. The number of ether oxygens (including phenoxy) is 1. The van der Waals surface area contributed by atoms with Crippen molar-refractivity contribution in [3.05, 3.63) is 35.9 Å². The fourth-order valence-electron chi connectivity index (χ4n) is 4.30. The van der Waals surface area contributed by atoms with Gasteiger partial charge in [-0.2, -0.15) is 0 Å². The predicted octanol–water partition coefficient (Wildman–Crippen LogP) is 4.03. The van der Waals surface area contributed by atoms with Gasteiger partial charge in [-0.25, -0.2) is 4.79 Å². The van der Waals surface area contributed by atoms with Crippen molar-refractivity contribution in [1.82, 2.24) is 15.1 Å². The zero-order chi connectivity index (χ0) is 20.2. The molecule has 2 heterocycles. The maximum absolute atomic E-state index is 12.3. The van der Waals surface area contributed by atoms with Crippen molar-refractivity contribution in [2.45, 2.75) is 77.1 Å². The molecule has 3 rings (SSSR count). The summed E-state index contributed by atoms with van der Waals surface area (Å²) in [5, 5.41) is 3.72.